The van der Waals surface area contributed by atoms with E-state index < -0.39 is 0 Å². The van der Waals surface area contributed by atoms with Crippen molar-refractivity contribution < 1.29 is 0 Å². The first-order valence-corrected chi connectivity index (χ1v) is 16.1. The topological polar surface area (TPSA) is 91.3 Å². The van der Waals surface area contributed by atoms with Gasteiger partial charge in [-0.05, 0) is 114 Å². The van der Waals surface area contributed by atoms with Crippen molar-refractivity contribution >= 4 is 23.9 Å². The zero-order chi connectivity index (χ0) is 30.1. The van der Waals surface area contributed by atoms with Crippen LogP contribution < -0.4 is 21.4 Å². The van der Waals surface area contributed by atoms with E-state index in [0.717, 1.165) is 84.5 Å². The quantitative estimate of drug-likeness (QED) is 0.215. The van der Waals surface area contributed by atoms with Gasteiger partial charge in [-0.3, -0.25) is 0 Å². The van der Waals surface area contributed by atoms with Crippen LogP contribution in [-0.4, -0.2) is 19.9 Å². The number of nitrogens with zero attached hydrogens (tertiary/aromatic N) is 2. The summed E-state index contributed by atoms with van der Waals surface area (Å²) in [6.07, 6.45) is 14.2. The van der Waals surface area contributed by atoms with Crippen LogP contribution in [0.1, 0.15) is 123 Å². The van der Waals surface area contributed by atoms with Gasteiger partial charge in [-0.1, -0.05) is 55.4 Å². The number of nitrogens with one attached hydrogen (secondary N) is 4. The number of H-pyrrole nitrogens is 4. The van der Waals surface area contributed by atoms with Crippen LogP contribution >= 0.6 is 0 Å². The highest BCUT2D eigenvalue weighted by Gasteiger charge is 2.28. The minimum atomic E-state index is 0.585. The van der Waals surface area contributed by atoms with Crippen LogP contribution in [-0.2, 0) is 51.4 Å². The minimum Gasteiger partial charge on any atom is -0.355 e. The molecular formula is C36H47N6+. The second-order valence-corrected chi connectivity index (χ2v) is 11.3. The van der Waals surface area contributed by atoms with Crippen LogP contribution in [0.25, 0.3) is 28.9 Å². The molecule has 0 spiro atoms. The van der Waals surface area contributed by atoms with E-state index in [-0.39, 0.29) is 0 Å². The van der Waals surface area contributed by atoms with Crippen molar-refractivity contribution in [3.8, 4) is 0 Å². The van der Waals surface area contributed by atoms with E-state index in [2.05, 4.69) is 98.5 Å². The standard InChI is InChI=1S/C36H46N6/c1-9-20-22(11-3)30-18-32-24(13-5)26(15-7)34(40-32)36(42-37)35-27(16-8)25(14-6)33(41-35)19-31-23(12-4)21(10-2)29(39-31)17-28(20)38-30/h17-19H,9-16H2,1-8H3,(H3,37,38,39,40,41,42)/p+1. The summed E-state index contributed by atoms with van der Waals surface area (Å²) in [7, 11) is 0. The van der Waals surface area contributed by atoms with Gasteiger partial charge in [-0.2, -0.15) is 0 Å². The zero-order valence-electron chi connectivity index (χ0n) is 26.8. The molecule has 0 fully saturated rings. The van der Waals surface area contributed by atoms with Gasteiger partial charge < -0.3 is 19.9 Å². The van der Waals surface area contributed by atoms with Crippen LogP contribution in [0.2, 0.25) is 0 Å². The Kier molecular flexibility index (Phi) is 8.50. The number of aromatic amines is 4. The largest absolute Gasteiger partial charge is 0.431 e. The third-order valence-electron chi connectivity index (χ3n) is 9.34. The molecule has 42 heavy (non-hydrogen) atoms. The number of diazo groups is 1. The Morgan fingerprint density at radius 3 is 1.26 bits per heavy atom. The van der Waals surface area contributed by atoms with Crippen molar-refractivity contribution in [1.82, 2.24) is 19.9 Å². The van der Waals surface area contributed by atoms with Gasteiger partial charge in [0.05, 0.1) is 0 Å². The predicted octanol–water partition coefficient (Wildman–Crippen LogP) is 5.31. The lowest BCUT2D eigenvalue weighted by molar-refractivity contribution is 1.03. The molecule has 0 atom stereocenters. The maximum absolute atomic E-state index is 10.6. The van der Waals surface area contributed by atoms with Crippen LogP contribution in [0.5, 0.6) is 0 Å². The molecular weight excluding hydrogens is 516 g/mol. The summed E-state index contributed by atoms with van der Waals surface area (Å²) in [5.41, 5.74) is 15.4. The van der Waals surface area contributed by atoms with Crippen LogP contribution in [0.4, 0.5) is 0 Å². The van der Waals surface area contributed by atoms with Crippen LogP contribution in [0, 0.1) is 5.39 Å². The molecule has 5 heterocycles. The van der Waals surface area contributed by atoms with E-state index in [1.165, 1.54) is 55.6 Å². The average molecular weight is 564 g/mol. The molecule has 0 saturated heterocycles. The number of aromatic nitrogens is 4. The van der Waals surface area contributed by atoms with E-state index >= 15 is 0 Å². The average Bonchev–Trinajstić information content (AvgIpc) is 3.72. The third-order valence-corrected chi connectivity index (χ3v) is 9.34. The van der Waals surface area contributed by atoms with Crippen LogP contribution in [0.15, 0.2) is 0 Å². The van der Waals surface area contributed by atoms with Crippen LogP contribution in [0.3, 0.4) is 0 Å². The Morgan fingerprint density at radius 1 is 0.452 bits per heavy atom. The van der Waals surface area contributed by atoms with Crippen molar-refractivity contribution in [3.63, 3.8) is 0 Å². The first-order valence-electron chi connectivity index (χ1n) is 16.1. The monoisotopic (exact) mass is 563 g/mol. The van der Waals surface area contributed by atoms with Crippen molar-refractivity contribution in [2.24, 2.45) is 0 Å². The summed E-state index contributed by atoms with van der Waals surface area (Å²) < 4.78 is 0. The molecule has 0 aromatic carbocycles. The third kappa shape index (κ3) is 4.60. The highest BCUT2D eigenvalue weighted by atomic mass is 14.9. The van der Waals surface area contributed by atoms with Crippen molar-refractivity contribution in [2.45, 2.75) is 107 Å². The summed E-state index contributed by atoms with van der Waals surface area (Å²) in [5.74, 6) is 0. The molecule has 1 aliphatic rings. The molecule has 0 unspecified atom stereocenters. The van der Waals surface area contributed by atoms with Gasteiger partial charge in [0, 0.05) is 33.1 Å². The smallest absolute Gasteiger partial charge is 0.355 e. The first kappa shape index (κ1) is 29.5. The Hall–Kier alpha value is -3.98. The Balaban J connectivity index is 2.07. The maximum Gasteiger partial charge on any atom is 0.431 e. The molecule has 4 aromatic heterocycles. The second-order valence-electron chi connectivity index (χ2n) is 11.3. The zero-order valence-corrected chi connectivity index (χ0v) is 26.8. The van der Waals surface area contributed by atoms with Crippen molar-refractivity contribution in [3.05, 3.63) is 93.7 Å². The van der Waals surface area contributed by atoms with E-state index in [1.807, 2.05) is 0 Å². The van der Waals surface area contributed by atoms with E-state index in [4.69, 9.17) is 0 Å². The summed E-state index contributed by atoms with van der Waals surface area (Å²) in [5, 5.41) is 14.9. The first-order chi connectivity index (χ1) is 20.4. The lowest BCUT2D eigenvalue weighted by Gasteiger charge is -2.01. The van der Waals surface area contributed by atoms with Crippen molar-refractivity contribution in [2.75, 3.05) is 0 Å². The molecule has 0 aliphatic carbocycles. The van der Waals surface area contributed by atoms with Gasteiger partial charge >= 0.3 is 5.70 Å². The van der Waals surface area contributed by atoms with Crippen molar-refractivity contribution in [1.29, 1.82) is 5.39 Å². The van der Waals surface area contributed by atoms with E-state index in [1.54, 1.807) is 0 Å². The van der Waals surface area contributed by atoms with E-state index in [0.29, 0.717) is 5.70 Å². The highest BCUT2D eigenvalue weighted by Crippen LogP contribution is 2.27. The summed E-state index contributed by atoms with van der Waals surface area (Å²) in [6, 6.07) is 0. The Morgan fingerprint density at radius 2 is 0.833 bits per heavy atom. The molecule has 6 nitrogen and oxygen atoms in total. The lowest BCUT2D eigenvalue weighted by atomic mass is 10.00. The number of hydrogen-bond acceptors (Lipinski definition) is 1. The van der Waals surface area contributed by atoms with Gasteiger partial charge in [0.25, 0.3) is 0 Å². The van der Waals surface area contributed by atoms with Gasteiger partial charge in [0.15, 0.2) is 4.98 Å². The number of hydrogen-bond donors (Lipinski definition) is 4. The molecule has 5 rings (SSSR count). The fraction of sp³-hybridized carbons (Fsp3) is 0.444. The summed E-state index contributed by atoms with van der Waals surface area (Å²) in [6.45, 7) is 17.8. The van der Waals surface area contributed by atoms with Gasteiger partial charge in [-0.25, -0.2) is 0 Å². The molecule has 4 N–H and O–H groups in total. The number of fused-ring (bicyclic) bond motifs is 8. The predicted molar refractivity (Wildman–Crippen MR) is 175 cm³/mol. The molecule has 0 amide bonds. The van der Waals surface area contributed by atoms with E-state index in [9.17, 15) is 5.39 Å². The van der Waals surface area contributed by atoms with Gasteiger partial charge in [-0.15, -0.1) is 0 Å². The fourth-order valence-electron chi connectivity index (χ4n) is 7.45. The van der Waals surface area contributed by atoms with Gasteiger partial charge in [0.2, 0.25) is 5.39 Å². The Bertz CT molecular complexity index is 1930. The highest BCUT2D eigenvalue weighted by molar-refractivity contribution is 5.74. The molecule has 0 saturated carbocycles. The summed E-state index contributed by atoms with van der Waals surface area (Å²) in [4.78, 5) is 19.1. The molecule has 220 valence electrons. The SMILES string of the molecule is CCc1c2[nH]c(c1CC)C=c1[nH]c(c(CC)c1CC)=C([N+]#N)c1[nH]c(c(CC)c1CC)C=c1[nH]c(c(CC)c1CC)=C2. The maximum atomic E-state index is 10.6. The molecule has 0 radical (unpaired) electrons. The molecule has 4 aromatic rings. The number of rotatable bonds is 8. The normalized spacial score (nSPS) is 12.6. The fourth-order valence-corrected chi connectivity index (χ4v) is 7.45. The molecule has 8 bridgehead atoms. The molecule has 1 aliphatic heterocycles. The summed E-state index contributed by atoms with van der Waals surface area (Å²) >= 11 is 0. The Labute approximate surface area is 249 Å². The molecule has 6 heteroatoms. The lowest BCUT2D eigenvalue weighted by Crippen LogP contribution is -2.16. The second kappa shape index (κ2) is 12.1. The minimum absolute atomic E-state index is 0.585. The van der Waals surface area contributed by atoms with Gasteiger partial charge in [0.1, 0.15) is 11.0 Å².